The number of rotatable bonds is 19. The van der Waals surface area contributed by atoms with Crippen LogP contribution in [0.4, 0.5) is 34.5 Å². The van der Waals surface area contributed by atoms with Gasteiger partial charge >= 0.3 is 0 Å². The molecule has 0 saturated carbocycles. The number of halogens is 6. The summed E-state index contributed by atoms with van der Waals surface area (Å²) in [5, 5.41) is 45.7. The molecular weight excluding hydrogens is 1340 g/mol. The van der Waals surface area contributed by atoms with Gasteiger partial charge in [0.1, 0.15) is 40.7 Å². The summed E-state index contributed by atoms with van der Waals surface area (Å²) in [6.45, 7) is 5.30. The molecule has 25 heteroatoms. The minimum Gasteiger partial charge on any atom is -0.495 e. The Hall–Kier alpha value is -9.47. The first-order chi connectivity index (χ1) is 46.3. The van der Waals surface area contributed by atoms with Crippen LogP contribution in [0.3, 0.4) is 0 Å². The van der Waals surface area contributed by atoms with Crippen molar-refractivity contribution in [3.8, 4) is 5.75 Å². The number of hydrogen-bond acceptors (Lipinski definition) is 13. The van der Waals surface area contributed by atoms with Gasteiger partial charge in [0.15, 0.2) is 0 Å². The Morgan fingerprint density at radius 1 is 0.438 bits per heavy atom. The van der Waals surface area contributed by atoms with Gasteiger partial charge in [0.25, 0.3) is 17.7 Å². The summed E-state index contributed by atoms with van der Waals surface area (Å²) in [6.07, 6.45) is 9.09. The van der Waals surface area contributed by atoms with Crippen molar-refractivity contribution in [3.63, 3.8) is 0 Å². The molecule has 2 aliphatic rings. The minimum absolute atomic E-state index is 0.317. The minimum atomic E-state index is -0.391. The number of carbonyl (C=O) groups is 3. The zero-order chi connectivity index (χ0) is 68.3. The summed E-state index contributed by atoms with van der Waals surface area (Å²) in [5.74, 6) is 2.17. The molecule has 96 heavy (non-hydrogen) atoms. The summed E-state index contributed by atoms with van der Waals surface area (Å²) in [5.41, 5.74) is 8.69. The largest absolute Gasteiger partial charge is 0.495 e. The molecule has 0 spiro atoms. The van der Waals surface area contributed by atoms with Crippen LogP contribution >= 0.6 is 69.6 Å². The Kier molecular flexibility index (Phi) is 25.3. The number of amides is 3. The van der Waals surface area contributed by atoms with Gasteiger partial charge < -0.3 is 51.3 Å². The molecule has 0 bridgehead atoms. The van der Waals surface area contributed by atoms with Gasteiger partial charge in [0, 0.05) is 128 Å². The molecule has 2 aliphatic heterocycles. The third kappa shape index (κ3) is 20.0. The highest BCUT2D eigenvalue weighted by molar-refractivity contribution is 6.33. The van der Waals surface area contributed by atoms with Gasteiger partial charge in [-0.25, -0.2) is 15.0 Å². The molecule has 0 unspecified atom stereocenters. The molecule has 2 saturated heterocycles. The van der Waals surface area contributed by atoms with Crippen molar-refractivity contribution < 1.29 is 19.1 Å². The van der Waals surface area contributed by atoms with E-state index >= 15 is 0 Å². The number of methoxy groups -OCH3 is 1. The van der Waals surface area contributed by atoms with Crippen LogP contribution in [0.15, 0.2) is 176 Å². The Morgan fingerprint density at radius 3 is 1.17 bits per heavy atom. The van der Waals surface area contributed by atoms with Crippen LogP contribution in [0, 0.1) is 16.2 Å². The van der Waals surface area contributed by atoms with Gasteiger partial charge in [-0.2, -0.15) is 0 Å². The van der Waals surface area contributed by atoms with E-state index in [-0.39, 0.29) is 11.8 Å². The van der Waals surface area contributed by atoms with Crippen molar-refractivity contribution in [2.45, 2.75) is 45.3 Å². The lowest BCUT2D eigenvalue weighted by Gasteiger charge is -2.33. The Bertz CT molecular complexity index is 4200. The van der Waals surface area contributed by atoms with Gasteiger partial charge in [-0.15, -0.1) is 0 Å². The molecule has 6 aromatic carbocycles. The number of benzene rings is 6. The first-order valence-electron chi connectivity index (χ1n) is 30.4. The number of carbonyl (C=O) groups excluding carboxylic acids is 3. The van der Waals surface area contributed by atoms with Crippen molar-refractivity contribution in [2.75, 3.05) is 79.3 Å². The predicted octanol–water partition coefficient (Wildman–Crippen LogP) is 16.5. The first kappa shape index (κ1) is 70.8. The fourth-order valence-electron chi connectivity index (χ4n) is 9.93. The molecule has 0 atom stereocenters. The monoisotopic (exact) mass is 1410 g/mol. The second-order valence-corrected chi connectivity index (χ2v) is 25.0. The van der Waals surface area contributed by atoms with Crippen LogP contribution in [0.1, 0.15) is 90.1 Å². The third-order valence-electron chi connectivity index (χ3n) is 15.3. The van der Waals surface area contributed by atoms with E-state index in [2.05, 4.69) is 56.7 Å². The van der Waals surface area contributed by atoms with Crippen molar-refractivity contribution in [3.05, 3.63) is 257 Å². The smallest absolute Gasteiger partial charge is 0.259 e. The fourth-order valence-corrected chi connectivity index (χ4v) is 10.8. The second kappa shape index (κ2) is 34.3. The number of hydrogen-bond donors (Lipinski definition) is 9. The normalized spacial score (nSPS) is 12.2. The topological polar surface area (TPSA) is 253 Å². The maximum Gasteiger partial charge on any atom is 0.259 e. The van der Waals surface area contributed by atoms with Gasteiger partial charge in [-0.1, -0.05) is 142 Å². The van der Waals surface area contributed by atoms with Crippen LogP contribution in [0.25, 0.3) is 0 Å². The first-order valence-corrected chi connectivity index (χ1v) is 32.7. The molecular formula is C71H69Cl6N15O4. The molecule has 0 aliphatic carbocycles. The number of likely N-dealkylation sites (tertiary alicyclic amines) is 2. The lowest BCUT2D eigenvalue weighted by molar-refractivity contribution is 0.101. The highest BCUT2D eigenvalue weighted by atomic mass is 35.5. The molecule has 5 heterocycles. The van der Waals surface area contributed by atoms with Gasteiger partial charge in [-0.05, 0) is 121 Å². The number of nitrogens with zero attached hydrogens (tertiary/aromatic N) is 6. The zero-order valence-corrected chi connectivity index (χ0v) is 57.1. The lowest BCUT2D eigenvalue weighted by Crippen LogP contribution is -2.42. The summed E-state index contributed by atoms with van der Waals surface area (Å²) in [7, 11) is 5.18. The molecule has 3 aromatic heterocycles. The molecule has 2 fully saturated rings. The maximum absolute atomic E-state index is 13.0. The molecule has 9 N–H and O–H groups in total. The van der Waals surface area contributed by atoms with Crippen LogP contribution in [-0.2, 0) is 19.6 Å². The van der Waals surface area contributed by atoms with Gasteiger partial charge in [-0.3, -0.25) is 30.6 Å². The quantitative estimate of drug-likeness (QED) is 0.0270. The van der Waals surface area contributed by atoms with Crippen LogP contribution < -0.4 is 36.6 Å². The van der Waals surface area contributed by atoms with Crippen molar-refractivity contribution in [2.24, 2.45) is 0 Å². The molecule has 9 aromatic rings. The van der Waals surface area contributed by atoms with E-state index in [0.29, 0.717) is 124 Å². The lowest BCUT2D eigenvalue weighted by atomic mass is 10.1. The Balaban J connectivity index is 0.000000169. The van der Waals surface area contributed by atoms with E-state index in [1.165, 1.54) is 32.1 Å². The number of pyridine rings is 3. The summed E-state index contributed by atoms with van der Waals surface area (Å²) >= 11 is 36.1. The number of nitrogens with one attached hydrogen (secondary N) is 9. The van der Waals surface area contributed by atoms with Crippen LogP contribution in [-0.4, -0.2) is 112 Å². The zero-order valence-electron chi connectivity index (χ0n) is 52.6. The molecule has 494 valence electrons. The van der Waals surface area contributed by atoms with E-state index in [0.717, 1.165) is 78.8 Å². The number of amidine groups is 3. The number of ether oxygens (including phenoxy) is 1. The van der Waals surface area contributed by atoms with Gasteiger partial charge in [0.05, 0.1) is 44.6 Å². The highest BCUT2D eigenvalue weighted by Crippen LogP contribution is 2.34. The van der Waals surface area contributed by atoms with E-state index in [9.17, 15) is 14.4 Å². The maximum atomic E-state index is 13.0. The molecule has 3 amide bonds. The number of aromatic nitrogens is 3. The van der Waals surface area contributed by atoms with Gasteiger partial charge in [0.2, 0.25) is 0 Å². The Morgan fingerprint density at radius 2 is 0.802 bits per heavy atom. The number of anilines is 6. The average molecular weight is 1410 g/mol. The van der Waals surface area contributed by atoms with E-state index in [1.807, 2.05) is 86.9 Å². The SMILES string of the molecule is COc1cc(Cl)cc(C(=O)Nc2ccc(Cl)cn2)c1NCc1ccc(C(=N)N(C)C)cc1.N=C(c1ccc(CNc2ccc(Cl)cc2C(=O)Nc2ccc(Cl)cn2)cc1)N1CCC1.N=C(c1ccc(CNc2ccc(Cl)cc2C(=O)Nc2ccc(Cl)cn2)cc1)N1CCCCC1. The standard InChI is InChI=1S/C25H25Cl2N5O.C23H23Cl2N5O2.C23H21Cl2N5O/c26-19-8-10-22(21(14-19)25(33)31-23-11-9-20(27)16-30-23)29-15-17-4-6-18(7-5-17)24(28)32-12-2-1-3-13-32;1-30(2)22(26)15-6-4-14(5-7-15)12-28-21-18(10-17(25)11-19(21)32-3)23(31)29-20-9-8-16(24)13-27-20;24-17-6-8-20(19(12-17)23(31)29-21-9-7-18(25)14-28-21)27-13-15-2-4-16(5-3-15)22(26)30-10-1-11-30/h4-11,14,16,28-29H,1-3,12-13,15H2,(H,30,31,33);4-11,13,26,28H,12H2,1-3H3,(H,27,29,31);2-9,12,14,26-27H,1,10-11,13H2,(H,28,29,31). The third-order valence-corrected chi connectivity index (χ3v) is 16.7. The summed E-state index contributed by atoms with van der Waals surface area (Å²) in [6, 6.07) is 46.9. The van der Waals surface area contributed by atoms with Crippen LogP contribution in [0.5, 0.6) is 5.75 Å². The fraction of sp³-hybridized carbons (Fsp3) is 0.197. The van der Waals surface area contributed by atoms with Crippen molar-refractivity contribution in [1.29, 1.82) is 16.2 Å². The molecule has 11 rings (SSSR count). The highest BCUT2D eigenvalue weighted by Gasteiger charge is 2.22. The second-order valence-electron chi connectivity index (χ2n) is 22.3. The number of piperidine rings is 1. The Labute approximate surface area is 587 Å². The van der Waals surface area contributed by atoms with Crippen molar-refractivity contribution in [1.82, 2.24) is 29.7 Å². The van der Waals surface area contributed by atoms with Crippen molar-refractivity contribution >= 4 is 139 Å². The molecule has 0 radical (unpaired) electrons. The van der Waals surface area contributed by atoms with E-state index in [1.54, 1.807) is 89.8 Å². The molecule has 19 nitrogen and oxygen atoms in total. The van der Waals surface area contributed by atoms with Crippen LogP contribution in [0.2, 0.25) is 30.1 Å². The average Bonchev–Trinajstić information content (AvgIpc) is 0.869. The van der Waals surface area contributed by atoms with E-state index < -0.39 is 5.91 Å². The summed E-state index contributed by atoms with van der Waals surface area (Å²) in [4.78, 5) is 56.8. The predicted molar refractivity (Wildman–Crippen MR) is 390 cm³/mol. The summed E-state index contributed by atoms with van der Waals surface area (Å²) < 4.78 is 5.45. The van der Waals surface area contributed by atoms with E-state index in [4.69, 9.17) is 90.6 Å².